The van der Waals surface area contributed by atoms with Crippen molar-refractivity contribution in [1.29, 1.82) is 0 Å². The zero-order valence-corrected chi connectivity index (χ0v) is 20.5. The van der Waals surface area contributed by atoms with E-state index in [0.29, 0.717) is 37.6 Å². The van der Waals surface area contributed by atoms with E-state index in [9.17, 15) is 14.0 Å². The van der Waals surface area contributed by atoms with Gasteiger partial charge in [0, 0.05) is 37.9 Å². The summed E-state index contributed by atoms with van der Waals surface area (Å²) in [7, 11) is 1.44. The number of hydrogen-bond donors (Lipinski definition) is 3. The van der Waals surface area contributed by atoms with Crippen LogP contribution in [-0.2, 0) is 0 Å². The van der Waals surface area contributed by atoms with Crippen LogP contribution in [0.2, 0.25) is 0 Å². The predicted molar refractivity (Wildman–Crippen MR) is 139 cm³/mol. The highest BCUT2D eigenvalue weighted by molar-refractivity contribution is 6.00. The van der Waals surface area contributed by atoms with Crippen molar-refractivity contribution in [3.63, 3.8) is 0 Å². The highest BCUT2D eigenvalue weighted by atomic mass is 19.1. The number of benzene rings is 2. The van der Waals surface area contributed by atoms with Crippen LogP contribution in [-0.4, -0.2) is 55.2 Å². The molecule has 0 saturated carbocycles. The van der Waals surface area contributed by atoms with E-state index in [1.54, 1.807) is 17.2 Å². The summed E-state index contributed by atoms with van der Waals surface area (Å²) in [4.78, 5) is 33.4. The number of carbonyl (C=O) groups is 2. The number of piperazine rings is 1. The Balaban J connectivity index is 1.29. The van der Waals surface area contributed by atoms with Gasteiger partial charge in [-0.3, -0.25) is 0 Å². The van der Waals surface area contributed by atoms with Crippen LogP contribution in [0.1, 0.15) is 11.1 Å². The maximum atomic E-state index is 13.5. The van der Waals surface area contributed by atoms with E-state index in [2.05, 4.69) is 25.8 Å². The highest BCUT2D eigenvalue weighted by Gasteiger charge is 2.22. The smallest absolute Gasteiger partial charge is 0.323 e. The Labute approximate surface area is 209 Å². The van der Waals surface area contributed by atoms with E-state index in [4.69, 9.17) is 4.74 Å². The van der Waals surface area contributed by atoms with Gasteiger partial charge in [0.05, 0.1) is 24.7 Å². The summed E-state index contributed by atoms with van der Waals surface area (Å²) < 4.78 is 18.7. The molecule has 3 N–H and O–H groups in total. The number of halogens is 1. The molecular formula is C26H29FN6O3. The molecule has 1 aliphatic heterocycles. The minimum atomic E-state index is -0.544. The first-order chi connectivity index (χ1) is 17.3. The number of rotatable bonds is 5. The van der Waals surface area contributed by atoms with Crippen LogP contribution < -0.4 is 25.6 Å². The largest absolute Gasteiger partial charge is 0.495 e. The third-order valence-electron chi connectivity index (χ3n) is 6.02. The Morgan fingerprint density at radius 3 is 2.31 bits per heavy atom. The summed E-state index contributed by atoms with van der Waals surface area (Å²) >= 11 is 0. The molecule has 0 aliphatic carbocycles. The molecule has 4 rings (SSSR count). The molecule has 0 bridgehead atoms. The number of carbonyl (C=O) groups excluding carboxylic acids is 2. The van der Waals surface area contributed by atoms with Gasteiger partial charge in [-0.1, -0.05) is 18.2 Å². The minimum absolute atomic E-state index is 0.111. The van der Waals surface area contributed by atoms with Crippen molar-refractivity contribution >= 4 is 34.9 Å². The number of nitrogens with one attached hydrogen (secondary N) is 3. The topological polar surface area (TPSA) is 98.8 Å². The number of para-hydroxylation sites is 1. The van der Waals surface area contributed by atoms with E-state index in [1.165, 1.54) is 25.3 Å². The van der Waals surface area contributed by atoms with E-state index < -0.39 is 11.8 Å². The van der Waals surface area contributed by atoms with Gasteiger partial charge < -0.3 is 30.5 Å². The number of nitrogens with zero attached hydrogens (tertiary/aromatic N) is 3. The van der Waals surface area contributed by atoms with Crippen molar-refractivity contribution in [1.82, 2.24) is 9.88 Å². The minimum Gasteiger partial charge on any atom is -0.495 e. The molecule has 1 aliphatic rings. The lowest BCUT2D eigenvalue weighted by molar-refractivity contribution is 0.208. The van der Waals surface area contributed by atoms with Crippen molar-refractivity contribution in [2.24, 2.45) is 0 Å². The van der Waals surface area contributed by atoms with Crippen molar-refractivity contribution in [3.8, 4) is 5.75 Å². The van der Waals surface area contributed by atoms with Gasteiger partial charge >= 0.3 is 12.1 Å². The Morgan fingerprint density at radius 1 is 0.944 bits per heavy atom. The summed E-state index contributed by atoms with van der Waals surface area (Å²) in [5, 5.41) is 8.28. The number of amides is 4. The van der Waals surface area contributed by atoms with Gasteiger partial charge in [-0.05, 0) is 49.2 Å². The van der Waals surface area contributed by atoms with Gasteiger partial charge in [-0.25, -0.2) is 19.0 Å². The lowest BCUT2D eigenvalue weighted by Gasteiger charge is -2.35. The number of pyridine rings is 1. The van der Waals surface area contributed by atoms with Gasteiger partial charge in [-0.15, -0.1) is 0 Å². The lowest BCUT2D eigenvalue weighted by Crippen LogP contribution is -2.50. The predicted octanol–water partition coefficient (Wildman–Crippen LogP) is 4.84. The fourth-order valence-corrected chi connectivity index (χ4v) is 4.05. The summed E-state index contributed by atoms with van der Waals surface area (Å²) in [6, 6.07) is 12.7. The van der Waals surface area contributed by atoms with Gasteiger partial charge in [0.25, 0.3) is 0 Å². The average Bonchev–Trinajstić information content (AvgIpc) is 2.87. The number of aryl methyl sites for hydroxylation is 2. The molecule has 2 aromatic carbocycles. The number of ether oxygens (including phenoxy) is 1. The van der Waals surface area contributed by atoms with Crippen LogP contribution in [0, 0.1) is 19.7 Å². The van der Waals surface area contributed by atoms with Crippen LogP contribution in [0.5, 0.6) is 5.75 Å². The molecule has 10 heteroatoms. The molecule has 3 aromatic rings. The zero-order chi connectivity index (χ0) is 25.7. The standard InChI is InChI=1S/C26H29FN6O3/c1-17-5-4-6-18(2)24(17)31-26(35)33-13-11-32(12-14-33)23-10-8-20(16-28-23)29-25(34)30-21-15-19(27)7-9-22(21)36-3/h4-10,15-16H,11-14H2,1-3H3,(H,31,35)(H2,29,30,34). The third-order valence-corrected chi connectivity index (χ3v) is 6.02. The first kappa shape index (κ1) is 24.8. The molecular weight excluding hydrogens is 463 g/mol. The van der Waals surface area contributed by atoms with Crippen molar-refractivity contribution < 1.29 is 18.7 Å². The van der Waals surface area contributed by atoms with E-state index in [-0.39, 0.29) is 11.7 Å². The molecule has 0 radical (unpaired) electrons. The SMILES string of the molecule is COc1ccc(F)cc1NC(=O)Nc1ccc(N2CCN(C(=O)Nc3c(C)cccc3C)CC2)nc1. The molecule has 9 nitrogen and oxygen atoms in total. The molecule has 1 fully saturated rings. The quantitative estimate of drug-likeness (QED) is 0.473. The second-order valence-corrected chi connectivity index (χ2v) is 8.50. The Bertz CT molecular complexity index is 1220. The first-order valence-electron chi connectivity index (χ1n) is 11.6. The fourth-order valence-electron chi connectivity index (χ4n) is 4.05. The first-order valence-corrected chi connectivity index (χ1v) is 11.6. The Morgan fingerprint density at radius 2 is 1.67 bits per heavy atom. The normalized spacial score (nSPS) is 13.2. The van der Waals surface area contributed by atoms with Gasteiger partial charge in [0.1, 0.15) is 17.4 Å². The third kappa shape index (κ3) is 5.83. The highest BCUT2D eigenvalue weighted by Crippen LogP contribution is 2.25. The zero-order valence-electron chi connectivity index (χ0n) is 20.5. The van der Waals surface area contributed by atoms with Crippen molar-refractivity contribution in [2.45, 2.75) is 13.8 Å². The van der Waals surface area contributed by atoms with Crippen LogP contribution in [0.25, 0.3) is 0 Å². The van der Waals surface area contributed by atoms with Gasteiger partial charge in [-0.2, -0.15) is 0 Å². The maximum absolute atomic E-state index is 13.5. The molecule has 1 aromatic heterocycles. The van der Waals surface area contributed by atoms with E-state index in [0.717, 1.165) is 22.6 Å². The number of anilines is 4. The van der Waals surface area contributed by atoms with Gasteiger partial charge in [0.15, 0.2) is 0 Å². The van der Waals surface area contributed by atoms with Crippen LogP contribution in [0.15, 0.2) is 54.7 Å². The van der Waals surface area contributed by atoms with Crippen LogP contribution in [0.4, 0.5) is 36.9 Å². The number of urea groups is 2. The summed E-state index contributed by atoms with van der Waals surface area (Å²) in [5.74, 6) is 0.615. The summed E-state index contributed by atoms with van der Waals surface area (Å²) in [5.41, 5.74) is 3.62. The maximum Gasteiger partial charge on any atom is 0.323 e. The summed E-state index contributed by atoms with van der Waals surface area (Å²) in [6.07, 6.45) is 1.55. The van der Waals surface area contributed by atoms with Crippen LogP contribution >= 0.6 is 0 Å². The molecule has 0 spiro atoms. The number of methoxy groups -OCH3 is 1. The van der Waals surface area contributed by atoms with E-state index in [1.807, 2.05) is 38.1 Å². The molecule has 188 valence electrons. The Kier molecular flexibility index (Phi) is 7.53. The molecule has 2 heterocycles. The molecule has 4 amide bonds. The molecule has 0 unspecified atom stereocenters. The fraction of sp³-hybridized carbons (Fsp3) is 0.269. The molecule has 1 saturated heterocycles. The van der Waals surface area contributed by atoms with E-state index >= 15 is 0 Å². The van der Waals surface area contributed by atoms with Gasteiger partial charge in [0.2, 0.25) is 0 Å². The van der Waals surface area contributed by atoms with Crippen molar-refractivity contribution in [2.75, 3.05) is 54.1 Å². The monoisotopic (exact) mass is 492 g/mol. The molecule has 36 heavy (non-hydrogen) atoms. The second-order valence-electron chi connectivity index (χ2n) is 8.50. The lowest BCUT2D eigenvalue weighted by atomic mass is 10.1. The van der Waals surface area contributed by atoms with Crippen LogP contribution in [0.3, 0.4) is 0 Å². The number of aromatic nitrogens is 1. The number of hydrogen-bond acceptors (Lipinski definition) is 5. The second kappa shape index (κ2) is 10.9. The summed E-state index contributed by atoms with van der Waals surface area (Å²) in [6.45, 7) is 6.37. The molecule has 0 atom stereocenters. The Hall–Kier alpha value is -4.34. The van der Waals surface area contributed by atoms with Crippen molar-refractivity contribution in [3.05, 3.63) is 71.7 Å². The average molecular weight is 493 g/mol.